The molecule has 1 amide bonds. The predicted molar refractivity (Wildman–Crippen MR) is 111 cm³/mol. The lowest BCUT2D eigenvalue weighted by Crippen LogP contribution is -2.20. The fourth-order valence-corrected chi connectivity index (χ4v) is 3.69. The van der Waals surface area contributed by atoms with Gasteiger partial charge >= 0.3 is 5.63 Å². The molecule has 0 saturated carbocycles. The second-order valence-corrected chi connectivity index (χ2v) is 8.54. The second kappa shape index (κ2) is 7.82. The van der Waals surface area contributed by atoms with Gasteiger partial charge in [0.25, 0.3) is 0 Å². The summed E-state index contributed by atoms with van der Waals surface area (Å²) >= 11 is 1.31. The van der Waals surface area contributed by atoms with Crippen LogP contribution in [0.3, 0.4) is 0 Å². The van der Waals surface area contributed by atoms with Gasteiger partial charge in [-0.25, -0.2) is 4.79 Å². The number of hydrogen-bond acceptors (Lipinski definition) is 8. The molecule has 9 heteroatoms. The van der Waals surface area contributed by atoms with Crippen LogP contribution in [-0.4, -0.2) is 30.3 Å². The lowest BCUT2D eigenvalue weighted by atomic mass is 9.98. The quantitative estimate of drug-likeness (QED) is 0.634. The van der Waals surface area contributed by atoms with E-state index in [2.05, 4.69) is 15.5 Å². The Bertz CT molecular complexity index is 1130. The summed E-state index contributed by atoms with van der Waals surface area (Å²) in [5.74, 6) is 0.431. The topological polar surface area (TPSA) is 104 Å². The summed E-state index contributed by atoms with van der Waals surface area (Å²) < 4.78 is 16.1. The third kappa shape index (κ3) is 4.09. The second-order valence-electron chi connectivity index (χ2n) is 7.56. The highest BCUT2D eigenvalue weighted by Gasteiger charge is 2.22. The van der Waals surface area contributed by atoms with E-state index >= 15 is 0 Å². The van der Waals surface area contributed by atoms with E-state index in [1.165, 1.54) is 25.6 Å². The Morgan fingerprint density at radius 3 is 2.52 bits per heavy atom. The number of carbonyl (C=O) groups excluding carboxylic acids is 1. The summed E-state index contributed by atoms with van der Waals surface area (Å²) in [5, 5.41) is 12.7. The van der Waals surface area contributed by atoms with Crippen LogP contribution < -0.4 is 20.4 Å². The van der Waals surface area contributed by atoms with E-state index < -0.39 is 5.63 Å². The Balaban J connectivity index is 1.91. The van der Waals surface area contributed by atoms with Crippen LogP contribution in [-0.2, 0) is 16.6 Å². The standard InChI is InChI=1S/C20H23N3O5S/c1-10-11-7-8-13(26-5)16(27-6)15(11)28-17(25)12(10)9-14(24)21-19-23-22-18(29-19)20(2,3)4/h7-8H,9H2,1-6H3,(H,21,23,24). The van der Waals surface area contributed by atoms with E-state index in [9.17, 15) is 9.59 Å². The molecule has 8 nitrogen and oxygen atoms in total. The van der Waals surface area contributed by atoms with Crippen LogP contribution in [0.2, 0.25) is 0 Å². The number of anilines is 1. The molecule has 29 heavy (non-hydrogen) atoms. The number of nitrogens with zero attached hydrogens (tertiary/aromatic N) is 2. The molecule has 0 atom stereocenters. The molecule has 0 aliphatic rings. The summed E-state index contributed by atoms with van der Waals surface area (Å²) in [6, 6.07) is 3.50. The highest BCUT2D eigenvalue weighted by molar-refractivity contribution is 7.15. The molecule has 0 aliphatic heterocycles. The first-order valence-electron chi connectivity index (χ1n) is 8.96. The van der Waals surface area contributed by atoms with Gasteiger partial charge in [-0.3, -0.25) is 4.79 Å². The predicted octanol–water partition coefficient (Wildman–Crippen LogP) is 3.45. The maximum atomic E-state index is 12.6. The Hall–Kier alpha value is -2.94. The van der Waals surface area contributed by atoms with Crippen molar-refractivity contribution >= 4 is 33.3 Å². The van der Waals surface area contributed by atoms with E-state index in [0.29, 0.717) is 27.6 Å². The summed E-state index contributed by atoms with van der Waals surface area (Å²) in [4.78, 5) is 25.1. The van der Waals surface area contributed by atoms with E-state index in [1.807, 2.05) is 20.8 Å². The van der Waals surface area contributed by atoms with Crippen molar-refractivity contribution < 1.29 is 18.7 Å². The van der Waals surface area contributed by atoms with Crippen molar-refractivity contribution in [3.8, 4) is 11.5 Å². The molecule has 154 valence electrons. The molecule has 0 radical (unpaired) electrons. The minimum atomic E-state index is -0.593. The van der Waals surface area contributed by atoms with Crippen LogP contribution in [0.5, 0.6) is 11.5 Å². The maximum absolute atomic E-state index is 12.6. The number of ether oxygens (including phenoxy) is 2. The van der Waals surface area contributed by atoms with Gasteiger partial charge in [-0.15, -0.1) is 10.2 Å². The van der Waals surface area contributed by atoms with E-state index in [1.54, 1.807) is 19.1 Å². The Morgan fingerprint density at radius 1 is 1.21 bits per heavy atom. The van der Waals surface area contributed by atoms with Gasteiger partial charge in [0, 0.05) is 10.8 Å². The lowest BCUT2D eigenvalue weighted by molar-refractivity contribution is -0.115. The number of hydrogen-bond donors (Lipinski definition) is 1. The van der Waals surface area contributed by atoms with Crippen molar-refractivity contribution in [2.75, 3.05) is 19.5 Å². The van der Waals surface area contributed by atoms with Crippen molar-refractivity contribution in [1.29, 1.82) is 0 Å². The van der Waals surface area contributed by atoms with Crippen LogP contribution >= 0.6 is 11.3 Å². The number of fused-ring (bicyclic) bond motifs is 1. The minimum Gasteiger partial charge on any atom is -0.493 e. The van der Waals surface area contributed by atoms with Gasteiger partial charge in [-0.1, -0.05) is 32.1 Å². The Morgan fingerprint density at radius 2 is 1.93 bits per heavy atom. The molecule has 3 aromatic rings. The largest absolute Gasteiger partial charge is 0.493 e. The van der Waals surface area contributed by atoms with Gasteiger partial charge in [0.15, 0.2) is 11.3 Å². The van der Waals surface area contributed by atoms with Gasteiger partial charge in [0.1, 0.15) is 5.01 Å². The average molecular weight is 417 g/mol. The van der Waals surface area contributed by atoms with E-state index in [-0.39, 0.29) is 28.9 Å². The molecule has 1 N–H and O–H groups in total. The van der Waals surface area contributed by atoms with Gasteiger partial charge in [0.2, 0.25) is 16.8 Å². The van der Waals surface area contributed by atoms with Gasteiger partial charge in [-0.2, -0.15) is 0 Å². The van der Waals surface area contributed by atoms with Crippen LogP contribution in [0.25, 0.3) is 11.0 Å². The SMILES string of the molecule is COc1ccc2c(C)c(CC(=O)Nc3nnc(C(C)(C)C)s3)c(=O)oc2c1OC. The molecule has 0 unspecified atom stereocenters. The molecular weight excluding hydrogens is 394 g/mol. The normalized spacial score (nSPS) is 11.5. The fraction of sp³-hybridized carbons (Fsp3) is 0.400. The molecule has 2 aromatic heterocycles. The summed E-state index contributed by atoms with van der Waals surface area (Å²) in [6.07, 6.45) is -0.136. The van der Waals surface area contributed by atoms with Crippen LogP contribution in [0.1, 0.15) is 36.9 Å². The van der Waals surface area contributed by atoms with Crippen LogP contribution in [0, 0.1) is 6.92 Å². The molecule has 0 aliphatic carbocycles. The first-order chi connectivity index (χ1) is 13.7. The first kappa shape index (κ1) is 20.8. The number of rotatable bonds is 5. The van der Waals surface area contributed by atoms with Crippen molar-refractivity contribution in [2.24, 2.45) is 0 Å². The number of methoxy groups -OCH3 is 2. The van der Waals surface area contributed by atoms with E-state index in [4.69, 9.17) is 13.9 Å². The molecule has 3 rings (SSSR count). The monoisotopic (exact) mass is 417 g/mol. The van der Waals surface area contributed by atoms with Crippen LogP contribution in [0.15, 0.2) is 21.3 Å². The Kier molecular flexibility index (Phi) is 5.61. The van der Waals surface area contributed by atoms with Gasteiger partial charge in [0.05, 0.1) is 26.2 Å². The Labute approximate surface area is 171 Å². The molecule has 0 fully saturated rings. The molecule has 0 spiro atoms. The third-order valence-electron chi connectivity index (χ3n) is 4.45. The highest BCUT2D eigenvalue weighted by Crippen LogP contribution is 2.36. The summed E-state index contributed by atoms with van der Waals surface area (Å²) in [5.41, 5.74) is 0.473. The zero-order chi connectivity index (χ0) is 21.3. The average Bonchev–Trinajstić information content (AvgIpc) is 3.13. The summed E-state index contributed by atoms with van der Waals surface area (Å²) in [6.45, 7) is 7.83. The number of carbonyl (C=O) groups is 1. The zero-order valence-corrected chi connectivity index (χ0v) is 18.0. The smallest absolute Gasteiger partial charge is 0.340 e. The molecular formula is C20H23N3O5S. The summed E-state index contributed by atoms with van der Waals surface area (Å²) in [7, 11) is 2.98. The number of benzene rings is 1. The van der Waals surface area contributed by atoms with Crippen molar-refractivity contribution in [3.05, 3.63) is 38.7 Å². The highest BCUT2D eigenvalue weighted by atomic mass is 32.1. The van der Waals surface area contributed by atoms with Crippen molar-refractivity contribution in [2.45, 2.75) is 39.5 Å². The lowest BCUT2D eigenvalue weighted by Gasteiger charge is -2.13. The van der Waals surface area contributed by atoms with Gasteiger partial charge in [-0.05, 0) is 24.6 Å². The number of aromatic nitrogens is 2. The third-order valence-corrected chi connectivity index (χ3v) is 5.71. The minimum absolute atomic E-state index is 0.136. The van der Waals surface area contributed by atoms with Gasteiger partial charge < -0.3 is 19.2 Å². The van der Waals surface area contributed by atoms with E-state index in [0.717, 1.165) is 5.01 Å². The van der Waals surface area contributed by atoms with Crippen molar-refractivity contribution in [3.63, 3.8) is 0 Å². The van der Waals surface area contributed by atoms with Crippen LogP contribution in [0.4, 0.5) is 5.13 Å². The number of nitrogens with one attached hydrogen (secondary N) is 1. The molecule has 0 saturated heterocycles. The first-order valence-corrected chi connectivity index (χ1v) is 9.78. The molecule has 1 aromatic carbocycles. The fourth-order valence-electron chi connectivity index (χ4n) is 2.87. The number of amides is 1. The molecule has 2 heterocycles. The zero-order valence-electron chi connectivity index (χ0n) is 17.2. The van der Waals surface area contributed by atoms with Crippen molar-refractivity contribution in [1.82, 2.24) is 10.2 Å². The maximum Gasteiger partial charge on any atom is 0.340 e. The number of aryl methyl sites for hydroxylation is 1. The molecule has 0 bridgehead atoms.